The molecule has 0 aliphatic carbocycles. The smallest absolute Gasteiger partial charge is 0.131 e. The fourth-order valence-corrected chi connectivity index (χ4v) is 1.54. The fraction of sp³-hybridized carbons (Fsp3) is 0.0714. The van der Waals surface area contributed by atoms with Crippen molar-refractivity contribution in [1.82, 2.24) is 5.16 Å². The van der Waals surface area contributed by atoms with Crippen molar-refractivity contribution in [2.45, 2.75) is 6.54 Å². The summed E-state index contributed by atoms with van der Waals surface area (Å²) in [5, 5.41) is 10.8. The molecule has 3 N–H and O–H groups in total. The molecule has 0 unspecified atom stereocenters. The molecule has 102 valence electrons. The molecule has 2 aromatic rings. The number of nitrogens with two attached hydrogens (primary N) is 1. The van der Waals surface area contributed by atoms with E-state index in [1.807, 2.05) is 0 Å². The van der Waals surface area contributed by atoms with Crippen molar-refractivity contribution in [2.75, 3.05) is 0 Å². The number of nitrogens with zero attached hydrogens (tertiary/aromatic N) is 2. The Bertz CT molecular complexity index is 647. The summed E-state index contributed by atoms with van der Waals surface area (Å²) in [6.45, 7) is 0.149. The highest BCUT2D eigenvalue weighted by molar-refractivity contribution is 6.09. The first-order chi connectivity index (χ1) is 9.70. The summed E-state index contributed by atoms with van der Waals surface area (Å²) in [6.07, 6.45) is 3.90. The minimum Gasteiger partial charge on any atom is -0.397 e. The van der Waals surface area contributed by atoms with Gasteiger partial charge in [-0.1, -0.05) is 23.4 Å². The Balaban J connectivity index is 2.30. The average molecular weight is 272 g/mol. The molecule has 0 radical (unpaired) electrons. The summed E-state index contributed by atoms with van der Waals surface area (Å²) in [4.78, 5) is 4.28. The van der Waals surface area contributed by atoms with E-state index in [4.69, 9.17) is 15.7 Å². The van der Waals surface area contributed by atoms with Gasteiger partial charge in [0.05, 0.1) is 18.0 Å². The van der Waals surface area contributed by atoms with Crippen molar-refractivity contribution >= 4 is 11.9 Å². The Morgan fingerprint density at radius 3 is 2.85 bits per heavy atom. The number of nitrogens with one attached hydrogen (secondary N) is 1. The molecule has 0 spiro atoms. The zero-order chi connectivity index (χ0) is 14.4. The average Bonchev–Trinajstić information content (AvgIpc) is 2.98. The summed E-state index contributed by atoms with van der Waals surface area (Å²) in [5.41, 5.74) is 7.19. The van der Waals surface area contributed by atoms with Gasteiger partial charge in [-0.2, -0.15) is 0 Å². The summed E-state index contributed by atoms with van der Waals surface area (Å²) in [7, 11) is 0. The summed E-state index contributed by atoms with van der Waals surface area (Å²) < 4.78 is 18.3. The van der Waals surface area contributed by atoms with Gasteiger partial charge >= 0.3 is 0 Å². The molecule has 1 aromatic heterocycles. The molecule has 0 saturated heterocycles. The van der Waals surface area contributed by atoms with Crippen molar-refractivity contribution < 1.29 is 8.91 Å². The Morgan fingerprint density at radius 1 is 1.40 bits per heavy atom. The van der Waals surface area contributed by atoms with Crippen molar-refractivity contribution in [1.29, 1.82) is 5.41 Å². The number of rotatable bonds is 5. The van der Waals surface area contributed by atoms with Crippen LogP contribution < -0.4 is 5.73 Å². The van der Waals surface area contributed by atoms with Gasteiger partial charge in [-0.05, 0) is 12.1 Å². The van der Waals surface area contributed by atoms with E-state index in [2.05, 4.69) is 10.1 Å². The minimum atomic E-state index is -0.320. The van der Waals surface area contributed by atoms with Crippen LogP contribution in [-0.4, -0.2) is 17.1 Å². The van der Waals surface area contributed by atoms with Gasteiger partial charge in [0.1, 0.15) is 17.8 Å². The molecular formula is C14H13FN4O. The second-order valence-electron chi connectivity index (χ2n) is 3.97. The molecular weight excluding hydrogens is 259 g/mol. The lowest BCUT2D eigenvalue weighted by Crippen LogP contribution is -2.06. The van der Waals surface area contributed by atoms with E-state index in [1.54, 1.807) is 24.3 Å². The molecule has 0 saturated carbocycles. The molecule has 2 rings (SSSR count). The minimum absolute atomic E-state index is 0.149. The van der Waals surface area contributed by atoms with Crippen LogP contribution in [0.1, 0.15) is 11.3 Å². The quantitative estimate of drug-likeness (QED) is 0.818. The molecule has 20 heavy (non-hydrogen) atoms. The Hall–Kier alpha value is -2.76. The van der Waals surface area contributed by atoms with Crippen molar-refractivity contribution in [3.63, 3.8) is 0 Å². The van der Waals surface area contributed by atoms with Crippen molar-refractivity contribution in [3.8, 4) is 0 Å². The monoisotopic (exact) mass is 272 g/mol. The van der Waals surface area contributed by atoms with Gasteiger partial charge in [-0.15, -0.1) is 0 Å². The SMILES string of the molecule is N=C/C(N)=C/C(=NCc1ccccc1F)c1ccon1. The van der Waals surface area contributed by atoms with Crippen LogP contribution in [0, 0.1) is 11.2 Å². The van der Waals surface area contributed by atoms with Crippen LogP contribution in [0.5, 0.6) is 0 Å². The summed E-state index contributed by atoms with van der Waals surface area (Å²) >= 11 is 0. The highest BCUT2D eigenvalue weighted by Crippen LogP contribution is 2.09. The summed E-state index contributed by atoms with van der Waals surface area (Å²) in [5.74, 6) is -0.320. The molecule has 1 aromatic carbocycles. The Labute approximate surface area is 115 Å². The maximum absolute atomic E-state index is 13.5. The van der Waals surface area contributed by atoms with Gasteiger partial charge in [0.25, 0.3) is 0 Å². The Morgan fingerprint density at radius 2 is 2.20 bits per heavy atom. The van der Waals surface area contributed by atoms with Gasteiger partial charge in [-0.25, -0.2) is 4.39 Å². The van der Waals surface area contributed by atoms with E-state index in [9.17, 15) is 4.39 Å². The number of halogens is 1. The zero-order valence-electron chi connectivity index (χ0n) is 10.6. The number of allylic oxidation sites excluding steroid dienone is 2. The summed E-state index contributed by atoms with van der Waals surface area (Å²) in [6, 6.07) is 8.01. The normalized spacial score (nSPS) is 12.4. The van der Waals surface area contributed by atoms with Gasteiger partial charge in [-0.3, -0.25) is 4.99 Å². The molecule has 1 heterocycles. The third-order valence-corrected chi connectivity index (χ3v) is 2.55. The number of aliphatic imine (C=N–C) groups is 1. The first-order valence-corrected chi connectivity index (χ1v) is 5.87. The van der Waals surface area contributed by atoms with E-state index < -0.39 is 0 Å². The fourth-order valence-electron chi connectivity index (χ4n) is 1.54. The third kappa shape index (κ3) is 3.38. The lowest BCUT2D eigenvalue weighted by atomic mass is 10.2. The van der Waals surface area contributed by atoms with Crippen LogP contribution in [0.4, 0.5) is 4.39 Å². The number of aromatic nitrogens is 1. The van der Waals surface area contributed by atoms with E-state index >= 15 is 0 Å². The van der Waals surface area contributed by atoms with E-state index in [-0.39, 0.29) is 18.1 Å². The third-order valence-electron chi connectivity index (χ3n) is 2.55. The van der Waals surface area contributed by atoms with Crippen molar-refractivity contribution in [3.05, 3.63) is 65.4 Å². The van der Waals surface area contributed by atoms with Crippen LogP contribution in [0.2, 0.25) is 0 Å². The molecule has 0 bridgehead atoms. The van der Waals surface area contributed by atoms with Gasteiger partial charge in [0.2, 0.25) is 0 Å². The lowest BCUT2D eigenvalue weighted by Gasteiger charge is -2.01. The molecule has 0 fully saturated rings. The highest BCUT2D eigenvalue weighted by Gasteiger charge is 2.06. The largest absolute Gasteiger partial charge is 0.397 e. The molecule has 6 heteroatoms. The van der Waals surface area contributed by atoms with Crippen LogP contribution in [0.25, 0.3) is 0 Å². The van der Waals surface area contributed by atoms with Crippen LogP contribution in [-0.2, 0) is 6.54 Å². The predicted octanol–water partition coefficient (Wildman–Crippen LogP) is 2.30. The van der Waals surface area contributed by atoms with E-state index in [0.29, 0.717) is 17.0 Å². The van der Waals surface area contributed by atoms with Gasteiger partial charge in [0, 0.05) is 17.8 Å². The van der Waals surface area contributed by atoms with E-state index in [0.717, 1.165) is 6.21 Å². The maximum Gasteiger partial charge on any atom is 0.131 e. The molecule has 0 atom stereocenters. The zero-order valence-corrected chi connectivity index (χ0v) is 10.6. The number of hydrogen-bond donors (Lipinski definition) is 2. The Kier molecular flexibility index (Phi) is 4.39. The first-order valence-electron chi connectivity index (χ1n) is 5.87. The molecule has 0 aliphatic rings. The van der Waals surface area contributed by atoms with Crippen LogP contribution in [0.3, 0.4) is 0 Å². The molecule has 0 amide bonds. The number of benzene rings is 1. The topological polar surface area (TPSA) is 88.3 Å². The maximum atomic E-state index is 13.5. The first kappa shape index (κ1) is 13.7. The highest BCUT2D eigenvalue weighted by atomic mass is 19.1. The second kappa shape index (κ2) is 6.42. The van der Waals surface area contributed by atoms with E-state index in [1.165, 1.54) is 18.4 Å². The van der Waals surface area contributed by atoms with Gasteiger partial charge < -0.3 is 15.7 Å². The lowest BCUT2D eigenvalue weighted by molar-refractivity contribution is 0.418. The molecule has 5 nitrogen and oxygen atoms in total. The standard InChI is InChI=1S/C14H13FN4O/c15-12-4-2-1-3-10(12)9-18-14(7-11(17)8-16)13-5-6-20-19-13/h1-8,16H,9,17H2/b11-7-,16-8?,18-14?. The van der Waals surface area contributed by atoms with Crippen molar-refractivity contribution in [2.24, 2.45) is 10.7 Å². The number of hydrogen-bond acceptors (Lipinski definition) is 5. The van der Waals surface area contributed by atoms with Crippen LogP contribution in [0.15, 0.2) is 57.9 Å². The second-order valence-corrected chi connectivity index (χ2v) is 3.97. The van der Waals surface area contributed by atoms with Crippen LogP contribution >= 0.6 is 0 Å². The predicted molar refractivity (Wildman–Crippen MR) is 74.2 cm³/mol. The van der Waals surface area contributed by atoms with Gasteiger partial charge in [0.15, 0.2) is 0 Å². The molecule has 0 aliphatic heterocycles.